The fourth-order valence-electron chi connectivity index (χ4n) is 3.76. The number of amides is 2. The normalized spacial score (nSPS) is 16.5. The molecule has 2 amide bonds. The Labute approximate surface area is 173 Å². The molecule has 0 saturated carbocycles. The number of ketones is 1. The topological polar surface area (TPSA) is 92.8 Å². The van der Waals surface area contributed by atoms with E-state index < -0.39 is 18.6 Å². The minimum atomic E-state index is -0.567. The lowest BCUT2D eigenvalue weighted by Gasteiger charge is -2.32. The van der Waals surface area contributed by atoms with E-state index in [4.69, 9.17) is 4.74 Å². The van der Waals surface area contributed by atoms with Crippen molar-refractivity contribution in [2.75, 3.05) is 11.9 Å². The predicted molar refractivity (Wildman–Crippen MR) is 109 cm³/mol. The van der Waals surface area contributed by atoms with E-state index in [0.29, 0.717) is 11.3 Å². The third-order valence-corrected chi connectivity index (χ3v) is 5.25. The standard InChI is InChI=1S/C23H20N2O5/c1-14(26)25-9-8-15-4-2-3-5-18(15)20(25)12-23(29)30-13-21(27)16-6-7-19-17(10-16)11-22(28)24-19/h2-10,20H,11-13H2,1H3,(H,24,28)/t20-/m1/s1. The Morgan fingerprint density at radius 1 is 1.17 bits per heavy atom. The Hall–Kier alpha value is -3.74. The summed E-state index contributed by atoms with van der Waals surface area (Å²) in [5.41, 5.74) is 3.62. The van der Waals surface area contributed by atoms with E-state index >= 15 is 0 Å². The van der Waals surface area contributed by atoms with Gasteiger partial charge in [-0.25, -0.2) is 0 Å². The van der Waals surface area contributed by atoms with E-state index in [2.05, 4.69) is 5.32 Å². The molecule has 0 fully saturated rings. The van der Waals surface area contributed by atoms with Crippen LogP contribution in [0.5, 0.6) is 0 Å². The van der Waals surface area contributed by atoms with Crippen LogP contribution in [-0.4, -0.2) is 35.1 Å². The first-order valence-electron chi connectivity index (χ1n) is 9.60. The molecule has 1 atom stereocenters. The molecule has 2 heterocycles. The number of esters is 1. The summed E-state index contributed by atoms with van der Waals surface area (Å²) >= 11 is 0. The van der Waals surface area contributed by atoms with Crippen LogP contribution in [0.25, 0.3) is 6.08 Å². The Morgan fingerprint density at radius 3 is 2.77 bits per heavy atom. The van der Waals surface area contributed by atoms with Crippen molar-refractivity contribution in [1.29, 1.82) is 0 Å². The van der Waals surface area contributed by atoms with Crippen LogP contribution >= 0.6 is 0 Å². The number of carbonyl (C=O) groups excluding carboxylic acids is 4. The number of hydrogen-bond donors (Lipinski definition) is 1. The van der Waals surface area contributed by atoms with Crippen LogP contribution in [0.2, 0.25) is 0 Å². The van der Waals surface area contributed by atoms with Crippen molar-refractivity contribution in [2.45, 2.75) is 25.8 Å². The van der Waals surface area contributed by atoms with E-state index in [1.165, 1.54) is 11.8 Å². The Morgan fingerprint density at radius 2 is 1.97 bits per heavy atom. The molecule has 152 valence electrons. The smallest absolute Gasteiger partial charge is 0.308 e. The van der Waals surface area contributed by atoms with E-state index in [-0.39, 0.29) is 30.4 Å². The Balaban J connectivity index is 1.41. The number of nitrogens with one attached hydrogen (secondary N) is 1. The summed E-state index contributed by atoms with van der Waals surface area (Å²) in [5, 5.41) is 2.71. The number of hydrogen-bond acceptors (Lipinski definition) is 5. The summed E-state index contributed by atoms with van der Waals surface area (Å²) in [6.45, 7) is 1.04. The van der Waals surface area contributed by atoms with Gasteiger partial charge in [0.1, 0.15) is 0 Å². The van der Waals surface area contributed by atoms with Gasteiger partial charge in [-0.1, -0.05) is 24.3 Å². The molecule has 2 aliphatic heterocycles. The average molecular weight is 404 g/mol. The molecule has 0 spiro atoms. The van der Waals surface area contributed by atoms with Crippen LogP contribution in [0.4, 0.5) is 5.69 Å². The minimum absolute atomic E-state index is 0.0587. The third-order valence-electron chi connectivity index (χ3n) is 5.25. The van der Waals surface area contributed by atoms with Gasteiger partial charge in [-0.15, -0.1) is 0 Å². The molecule has 0 aliphatic carbocycles. The minimum Gasteiger partial charge on any atom is -0.457 e. The molecule has 0 bridgehead atoms. The number of carbonyl (C=O) groups is 4. The SMILES string of the molecule is CC(=O)N1C=Cc2ccccc2[C@H]1CC(=O)OCC(=O)c1ccc2c(c1)CC(=O)N2. The van der Waals surface area contributed by atoms with Crippen LogP contribution in [0.3, 0.4) is 0 Å². The first-order chi connectivity index (χ1) is 14.4. The predicted octanol–water partition coefficient (Wildman–Crippen LogP) is 2.87. The average Bonchev–Trinajstić information content (AvgIpc) is 3.11. The first kappa shape index (κ1) is 19.6. The molecule has 7 nitrogen and oxygen atoms in total. The molecule has 2 aromatic carbocycles. The molecular weight excluding hydrogens is 384 g/mol. The summed E-state index contributed by atoms with van der Waals surface area (Å²) in [6, 6.07) is 12.0. The highest BCUT2D eigenvalue weighted by molar-refractivity contribution is 6.02. The Kier molecular flexibility index (Phi) is 5.18. The van der Waals surface area contributed by atoms with Gasteiger partial charge in [0.2, 0.25) is 11.8 Å². The molecule has 0 saturated heterocycles. The highest BCUT2D eigenvalue weighted by Gasteiger charge is 2.29. The van der Waals surface area contributed by atoms with E-state index in [1.807, 2.05) is 30.3 Å². The van der Waals surface area contributed by atoms with Gasteiger partial charge in [0.25, 0.3) is 0 Å². The fraction of sp³-hybridized carbons (Fsp3) is 0.217. The van der Waals surface area contributed by atoms with Crippen LogP contribution in [0.1, 0.15) is 46.4 Å². The number of Topliss-reactive ketones (excluding diaryl/α,β-unsaturated/α-hetero) is 1. The lowest BCUT2D eigenvalue weighted by molar-refractivity contribution is -0.144. The maximum absolute atomic E-state index is 12.5. The highest BCUT2D eigenvalue weighted by Crippen LogP contribution is 2.33. The second kappa shape index (κ2) is 7.94. The van der Waals surface area contributed by atoms with Crippen LogP contribution in [-0.2, 0) is 25.5 Å². The third kappa shape index (κ3) is 3.87. The van der Waals surface area contributed by atoms with Crippen molar-refractivity contribution in [3.63, 3.8) is 0 Å². The number of fused-ring (bicyclic) bond motifs is 2. The zero-order valence-corrected chi connectivity index (χ0v) is 16.4. The fourth-order valence-corrected chi connectivity index (χ4v) is 3.76. The molecule has 0 aromatic heterocycles. The summed E-state index contributed by atoms with van der Waals surface area (Å²) in [5.74, 6) is -1.21. The summed E-state index contributed by atoms with van der Waals surface area (Å²) in [6.07, 6.45) is 3.66. The van der Waals surface area contributed by atoms with Gasteiger partial charge < -0.3 is 15.0 Å². The number of benzene rings is 2. The lowest BCUT2D eigenvalue weighted by Crippen LogP contribution is -2.32. The Bertz CT molecular complexity index is 1090. The van der Waals surface area contributed by atoms with Crippen molar-refractivity contribution in [2.24, 2.45) is 0 Å². The second-order valence-corrected chi connectivity index (χ2v) is 7.27. The maximum atomic E-state index is 12.5. The van der Waals surface area contributed by atoms with Crippen molar-refractivity contribution >= 4 is 35.3 Å². The lowest BCUT2D eigenvalue weighted by atomic mass is 9.94. The van der Waals surface area contributed by atoms with E-state index in [0.717, 1.165) is 16.7 Å². The molecule has 2 aromatic rings. The molecule has 30 heavy (non-hydrogen) atoms. The van der Waals surface area contributed by atoms with Crippen molar-refractivity contribution in [1.82, 2.24) is 4.90 Å². The van der Waals surface area contributed by atoms with Gasteiger partial charge in [-0.3, -0.25) is 19.2 Å². The first-order valence-corrected chi connectivity index (χ1v) is 9.60. The van der Waals surface area contributed by atoms with Crippen LogP contribution < -0.4 is 5.32 Å². The van der Waals surface area contributed by atoms with Crippen molar-refractivity contribution < 1.29 is 23.9 Å². The molecule has 4 rings (SSSR count). The largest absolute Gasteiger partial charge is 0.457 e. The summed E-state index contributed by atoms with van der Waals surface area (Å²) < 4.78 is 5.21. The van der Waals surface area contributed by atoms with Gasteiger partial charge in [0, 0.05) is 24.4 Å². The number of anilines is 1. The molecule has 0 unspecified atom stereocenters. The van der Waals surface area contributed by atoms with Gasteiger partial charge in [-0.2, -0.15) is 0 Å². The zero-order valence-electron chi connectivity index (χ0n) is 16.4. The van der Waals surface area contributed by atoms with Crippen LogP contribution in [0.15, 0.2) is 48.7 Å². The summed E-state index contributed by atoms with van der Waals surface area (Å²) in [4.78, 5) is 49.9. The molecule has 2 aliphatic rings. The van der Waals surface area contributed by atoms with E-state index in [1.54, 1.807) is 24.4 Å². The highest BCUT2D eigenvalue weighted by atomic mass is 16.5. The van der Waals surface area contributed by atoms with Gasteiger partial charge in [0.15, 0.2) is 12.4 Å². The maximum Gasteiger partial charge on any atom is 0.308 e. The quantitative estimate of drug-likeness (QED) is 0.611. The van der Waals surface area contributed by atoms with Gasteiger partial charge >= 0.3 is 5.97 Å². The van der Waals surface area contributed by atoms with Crippen molar-refractivity contribution in [3.05, 3.63) is 70.9 Å². The van der Waals surface area contributed by atoms with Gasteiger partial charge in [-0.05, 0) is 41.0 Å². The number of nitrogens with zero attached hydrogens (tertiary/aromatic N) is 1. The molecule has 0 radical (unpaired) electrons. The molecule has 7 heteroatoms. The second-order valence-electron chi connectivity index (χ2n) is 7.27. The number of ether oxygens (including phenoxy) is 1. The van der Waals surface area contributed by atoms with Gasteiger partial charge in [0.05, 0.1) is 18.9 Å². The number of rotatable bonds is 5. The van der Waals surface area contributed by atoms with E-state index in [9.17, 15) is 19.2 Å². The molecule has 1 N–H and O–H groups in total. The van der Waals surface area contributed by atoms with Crippen molar-refractivity contribution in [3.8, 4) is 0 Å². The summed E-state index contributed by atoms with van der Waals surface area (Å²) in [7, 11) is 0. The monoisotopic (exact) mass is 404 g/mol. The molecular formula is C23H20N2O5. The van der Waals surface area contributed by atoms with Crippen LogP contribution in [0, 0.1) is 0 Å². The zero-order chi connectivity index (χ0) is 21.3.